The standard InChI is InChI=1S/C19H31N5OS2/c1-6-22(7-2)15-8-10-23(13-15)17(25)16-12-19(5,18-20-9-11-26-18)21-24(16)27-14(3)4/h9,11-12,14-15,21H,6-8,10,13H2,1-5H3. The number of likely N-dealkylation sites (N-methyl/N-ethyl adjacent to an activating group) is 1. The number of carbonyl (C=O) groups excluding carboxylic acids is 1. The molecule has 1 saturated heterocycles. The minimum absolute atomic E-state index is 0.116. The molecule has 6 nitrogen and oxygen atoms in total. The van der Waals surface area contributed by atoms with Crippen LogP contribution in [0.3, 0.4) is 0 Å². The van der Waals surface area contributed by atoms with Gasteiger partial charge in [-0.05, 0) is 44.5 Å². The molecule has 27 heavy (non-hydrogen) atoms. The summed E-state index contributed by atoms with van der Waals surface area (Å²) in [6.45, 7) is 14.4. The highest BCUT2D eigenvalue weighted by molar-refractivity contribution is 7.97. The van der Waals surface area contributed by atoms with Gasteiger partial charge in [-0.2, -0.15) is 0 Å². The maximum absolute atomic E-state index is 13.4. The molecule has 1 amide bonds. The Morgan fingerprint density at radius 3 is 2.81 bits per heavy atom. The van der Waals surface area contributed by atoms with E-state index in [9.17, 15) is 4.79 Å². The molecule has 1 N–H and O–H groups in total. The topological polar surface area (TPSA) is 51.7 Å². The Balaban J connectivity index is 1.80. The second-order valence-corrected chi connectivity index (χ2v) is 9.96. The molecule has 2 aliphatic rings. The quantitative estimate of drug-likeness (QED) is 0.699. The van der Waals surface area contributed by atoms with E-state index in [4.69, 9.17) is 0 Å². The van der Waals surface area contributed by atoms with Gasteiger partial charge in [0.05, 0.1) is 0 Å². The predicted molar refractivity (Wildman–Crippen MR) is 113 cm³/mol. The molecule has 0 saturated carbocycles. The molecule has 0 spiro atoms. The first-order valence-electron chi connectivity index (χ1n) is 9.78. The number of carbonyl (C=O) groups is 1. The van der Waals surface area contributed by atoms with Crippen LogP contribution in [0.5, 0.6) is 0 Å². The minimum atomic E-state index is -0.445. The number of hydrazine groups is 1. The van der Waals surface area contributed by atoms with Crippen LogP contribution >= 0.6 is 23.3 Å². The Bertz CT molecular complexity index is 674. The summed E-state index contributed by atoms with van der Waals surface area (Å²) in [5.74, 6) is 0.116. The molecule has 0 aliphatic carbocycles. The van der Waals surface area contributed by atoms with Crippen molar-refractivity contribution >= 4 is 29.2 Å². The van der Waals surface area contributed by atoms with Gasteiger partial charge in [-0.15, -0.1) is 11.3 Å². The summed E-state index contributed by atoms with van der Waals surface area (Å²) in [6.07, 6.45) is 4.92. The first kappa shape index (κ1) is 20.6. The van der Waals surface area contributed by atoms with Crippen molar-refractivity contribution in [3.05, 3.63) is 28.4 Å². The molecule has 0 radical (unpaired) electrons. The fraction of sp³-hybridized carbons (Fsp3) is 0.684. The van der Waals surface area contributed by atoms with Crippen LogP contribution in [0.2, 0.25) is 0 Å². The lowest BCUT2D eigenvalue weighted by Crippen LogP contribution is -2.43. The highest BCUT2D eigenvalue weighted by atomic mass is 32.2. The van der Waals surface area contributed by atoms with Crippen LogP contribution in [0.4, 0.5) is 0 Å². The van der Waals surface area contributed by atoms with Crippen LogP contribution in [0, 0.1) is 0 Å². The van der Waals surface area contributed by atoms with Crippen LogP contribution in [0.15, 0.2) is 23.3 Å². The summed E-state index contributed by atoms with van der Waals surface area (Å²) in [4.78, 5) is 22.3. The van der Waals surface area contributed by atoms with Crippen molar-refractivity contribution in [2.45, 2.75) is 57.9 Å². The first-order valence-corrected chi connectivity index (χ1v) is 11.5. The second kappa shape index (κ2) is 8.51. The molecule has 150 valence electrons. The van der Waals surface area contributed by atoms with Crippen molar-refractivity contribution in [1.82, 2.24) is 24.6 Å². The molecular weight excluding hydrogens is 378 g/mol. The largest absolute Gasteiger partial charge is 0.336 e. The smallest absolute Gasteiger partial charge is 0.272 e. The molecular formula is C19H31N5OS2. The van der Waals surface area contributed by atoms with Crippen molar-refractivity contribution < 1.29 is 4.79 Å². The number of nitrogens with one attached hydrogen (secondary N) is 1. The summed E-state index contributed by atoms with van der Waals surface area (Å²) in [5, 5.41) is 3.32. The average Bonchev–Trinajstić information content (AvgIpc) is 3.35. The highest BCUT2D eigenvalue weighted by Crippen LogP contribution is 2.37. The average molecular weight is 410 g/mol. The van der Waals surface area contributed by atoms with Crippen LogP contribution < -0.4 is 5.43 Å². The first-order chi connectivity index (χ1) is 12.9. The highest BCUT2D eigenvalue weighted by Gasteiger charge is 2.42. The van der Waals surface area contributed by atoms with Gasteiger partial charge in [0.2, 0.25) is 0 Å². The number of rotatable bonds is 7. The van der Waals surface area contributed by atoms with E-state index in [0.29, 0.717) is 11.3 Å². The normalized spacial score (nSPS) is 25.7. The van der Waals surface area contributed by atoms with Gasteiger partial charge in [0.25, 0.3) is 5.91 Å². The molecule has 3 rings (SSSR count). The van der Waals surface area contributed by atoms with E-state index in [1.54, 1.807) is 23.3 Å². The Hall–Kier alpha value is -1.09. The number of nitrogens with zero attached hydrogens (tertiary/aromatic N) is 4. The van der Waals surface area contributed by atoms with Gasteiger partial charge in [0.1, 0.15) is 16.2 Å². The summed E-state index contributed by atoms with van der Waals surface area (Å²) in [5.41, 5.74) is 3.79. The maximum atomic E-state index is 13.4. The molecule has 0 bridgehead atoms. The van der Waals surface area contributed by atoms with Crippen molar-refractivity contribution in [3.63, 3.8) is 0 Å². The molecule has 2 unspecified atom stereocenters. The number of likely N-dealkylation sites (tertiary alicyclic amines) is 1. The van der Waals surface area contributed by atoms with Gasteiger partial charge in [-0.3, -0.25) is 9.69 Å². The summed E-state index contributed by atoms with van der Waals surface area (Å²) in [6, 6.07) is 0.468. The summed E-state index contributed by atoms with van der Waals surface area (Å²) < 4.78 is 1.96. The zero-order valence-electron chi connectivity index (χ0n) is 16.9. The van der Waals surface area contributed by atoms with E-state index in [0.717, 1.165) is 43.3 Å². The molecule has 2 aliphatic heterocycles. The molecule has 8 heteroatoms. The number of hydrogen-bond donors (Lipinski definition) is 1. The number of hydrogen-bond acceptors (Lipinski definition) is 7. The van der Waals surface area contributed by atoms with Crippen molar-refractivity contribution in [2.24, 2.45) is 0 Å². The third-order valence-electron chi connectivity index (χ3n) is 5.17. The summed E-state index contributed by atoms with van der Waals surface area (Å²) >= 11 is 3.26. The van der Waals surface area contributed by atoms with E-state index in [1.807, 2.05) is 27.0 Å². The van der Waals surface area contributed by atoms with E-state index < -0.39 is 5.54 Å². The Kier molecular flexibility index (Phi) is 6.50. The zero-order valence-corrected chi connectivity index (χ0v) is 18.6. The third kappa shape index (κ3) is 4.34. The molecule has 0 aromatic carbocycles. The maximum Gasteiger partial charge on any atom is 0.272 e. The number of thiazole rings is 1. The van der Waals surface area contributed by atoms with Crippen LogP contribution in [-0.2, 0) is 10.3 Å². The monoisotopic (exact) mass is 409 g/mol. The Labute approximate surface area is 171 Å². The van der Waals surface area contributed by atoms with Gasteiger partial charge in [-0.25, -0.2) is 14.8 Å². The second-order valence-electron chi connectivity index (χ2n) is 7.54. The lowest BCUT2D eigenvalue weighted by molar-refractivity contribution is -0.127. The van der Waals surface area contributed by atoms with Gasteiger partial charge in [-0.1, -0.05) is 27.7 Å². The lowest BCUT2D eigenvalue weighted by atomic mass is 10.0. The zero-order chi connectivity index (χ0) is 19.6. The van der Waals surface area contributed by atoms with Gasteiger partial charge in [0, 0.05) is 36.0 Å². The van der Waals surface area contributed by atoms with E-state index in [1.165, 1.54) is 0 Å². The molecule has 1 aromatic heterocycles. The SMILES string of the molecule is CCN(CC)C1CCN(C(=O)C2=CC(C)(c3nccs3)NN2SC(C)C)C1. The lowest BCUT2D eigenvalue weighted by Gasteiger charge is -2.29. The fourth-order valence-electron chi connectivity index (χ4n) is 3.79. The van der Waals surface area contributed by atoms with Crippen molar-refractivity contribution in [2.75, 3.05) is 26.2 Å². The fourth-order valence-corrected chi connectivity index (χ4v) is 5.42. The van der Waals surface area contributed by atoms with E-state index in [2.05, 4.69) is 49.9 Å². The Morgan fingerprint density at radius 2 is 2.22 bits per heavy atom. The number of aromatic nitrogens is 1. The van der Waals surface area contributed by atoms with Gasteiger partial charge < -0.3 is 4.90 Å². The Morgan fingerprint density at radius 1 is 1.48 bits per heavy atom. The van der Waals surface area contributed by atoms with Gasteiger partial charge >= 0.3 is 0 Å². The van der Waals surface area contributed by atoms with E-state index >= 15 is 0 Å². The molecule has 2 atom stereocenters. The predicted octanol–water partition coefficient (Wildman–Crippen LogP) is 3.06. The molecule has 1 fully saturated rings. The van der Waals surface area contributed by atoms with Crippen molar-refractivity contribution in [3.8, 4) is 0 Å². The van der Waals surface area contributed by atoms with Crippen LogP contribution in [-0.4, -0.2) is 62.6 Å². The number of amides is 1. The van der Waals surface area contributed by atoms with Crippen LogP contribution in [0.1, 0.15) is 46.0 Å². The summed E-state index contributed by atoms with van der Waals surface area (Å²) in [7, 11) is 0. The minimum Gasteiger partial charge on any atom is -0.336 e. The molecule has 3 heterocycles. The molecule has 1 aromatic rings. The third-order valence-corrected chi connectivity index (χ3v) is 7.10. The van der Waals surface area contributed by atoms with Gasteiger partial charge in [0.15, 0.2) is 0 Å². The van der Waals surface area contributed by atoms with Crippen LogP contribution in [0.25, 0.3) is 0 Å². The van der Waals surface area contributed by atoms with E-state index in [-0.39, 0.29) is 5.91 Å². The van der Waals surface area contributed by atoms with Crippen molar-refractivity contribution in [1.29, 1.82) is 0 Å².